The minimum Gasteiger partial charge on any atom is -0.389 e. The maximum absolute atomic E-state index is 5.50. The van der Waals surface area contributed by atoms with Crippen LogP contribution in [0.4, 0.5) is 0 Å². The highest BCUT2D eigenvalue weighted by Gasteiger charge is 2.14. The summed E-state index contributed by atoms with van der Waals surface area (Å²) in [5, 5.41) is 3.21. The van der Waals surface area contributed by atoms with E-state index in [-0.39, 0.29) is 6.10 Å². The van der Waals surface area contributed by atoms with Crippen LogP contribution in [0.2, 0.25) is 0 Å². The molecule has 0 amide bonds. The van der Waals surface area contributed by atoms with Crippen molar-refractivity contribution in [1.29, 1.82) is 0 Å². The highest BCUT2D eigenvalue weighted by molar-refractivity contribution is 7.41. The fourth-order valence-electron chi connectivity index (χ4n) is 1.32. The molecular formula is C15H34NO4P. The van der Waals surface area contributed by atoms with Gasteiger partial charge in [-0.15, -0.1) is 0 Å². The van der Waals surface area contributed by atoms with Crippen molar-refractivity contribution in [2.45, 2.75) is 66.4 Å². The molecule has 1 unspecified atom stereocenters. The van der Waals surface area contributed by atoms with E-state index in [2.05, 4.69) is 16.8 Å². The number of hydrogen-bond acceptors (Lipinski definition) is 5. The van der Waals surface area contributed by atoms with Gasteiger partial charge in [0.05, 0.1) is 19.8 Å². The van der Waals surface area contributed by atoms with Crippen molar-refractivity contribution < 1.29 is 18.6 Å². The molecule has 1 atom stereocenters. The molecule has 0 aromatic rings. The molecule has 0 aliphatic rings. The largest absolute Gasteiger partial charge is 0.389 e. The summed E-state index contributed by atoms with van der Waals surface area (Å²) < 4.78 is 15.9. The van der Waals surface area contributed by atoms with E-state index in [1.807, 2.05) is 34.6 Å². The van der Waals surface area contributed by atoms with Gasteiger partial charge in [-0.25, -0.2) is 4.89 Å². The molecule has 21 heavy (non-hydrogen) atoms. The topological polar surface area (TPSA) is 49.0 Å². The normalized spacial score (nSPS) is 11.8. The summed E-state index contributed by atoms with van der Waals surface area (Å²) in [6.07, 6.45) is 4.53. The van der Waals surface area contributed by atoms with E-state index in [4.69, 9.17) is 13.7 Å². The lowest BCUT2D eigenvalue weighted by Crippen LogP contribution is -2.11. The molecule has 0 spiro atoms. The molecule has 0 bridgehead atoms. The van der Waals surface area contributed by atoms with Crippen molar-refractivity contribution >= 4 is 8.60 Å². The van der Waals surface area contributed by atoms with E-state index >= 15 is 0 Å². The van der Waals surface area contributed by atoms with Crippen molar-refractivity contribution in [3.8, 4) is 0 Å². The molecule has 6 heteroatoms. The molecule has 1 N–H and O–H groups in total. The summed E-state index contributed by atoms with van der Waals surface area (Å²) in [6, 6.07) is 0. The van der Waals surface area contributed by atoms with Crippen LogP contribution in [0.5, 0.6) is 0 Å². The van der Waals surface area contributed by atoms with Crippen LogP contribution in [0.15, 0.2) is 12.3 Å². The van der Waals surface area contributed by atoms with Gasteiger partial charge in [-0.2, -0.15) is 4.67 Å². The highest BCUT2D eigenvalue weighted by atomic mass is 31.2. The van der Waals surface area contributed by atoms with Crippen molar-refractivity contribution in [3.05, 3.63) is 12.3 Å². The number of hydrogen-bond donors (Lipinski definition) is 1. The smallest absolute Gasteiger partial charge is 0.363 e. The third-order valence-electron chi connectivity index (χ3n) is 2.13. The zero-order valence-electron chi connectivity index (χ0n) is 14.6. The molecule has 128 valence electrons. The van der Waals surface area contributed by atoms with Crippen molar-refractivity contribution in [2.75, 3.05) is 20.3 Å². The lowest BCUT2D eigenvalue weighted by atomic mass is 10.2. The molecule has 0 saturated carbocycles. The van der Waals surface area contributed by atoms with Gasteiger partial charge in [0.25, 0.3) is 0 Å². The fraction of sp³-hybridized carbons (Fsp3) is 0.867. The zero-order valence-corrected chi connectivity index (χ0v) is 15.5. The standard InChI is InChI=1S/C13H28NO4P.C2H6/c1-12(2)14-10-8-6-7-9-11-16-19(18-15-5)17-13(3)4;1-2/h13-14H,1,6-11H2,2-5H3;1-2H3. The number of allylic oxidation sites excluding steroid dienone is 1. The van der Waals surface area contributed by atoms with E-state index in [1.165, 1.54) is 13.5 Å². The third-order valence-corrected chi connectivity index (χ3v) is 3.38. The molecule has 0 rings (SSSR count). The Hall–Kier alpha value is -0.190. The first-order valence-electron chi connectivity index (χ1n) is 7.76. The maximum atomic E-state index is 5.50. The molecule has 0 radical (unpaired) electrons. The van der Waals surface area contributed by atoms with Gasteiger partial charge in [-0.1, -0.05) is 33.3 Å². The molecule has 0 fully saturated rings. The summed E-state index contributed by atoms with van der Waals surface area (Å²) in [5.74, 6) is 0. The Balaban J connectivity index is 0. The fourth-order valence-corrected chi connectivity index (χ4v) is 2.21. The van der Waals surface area contributed by atoms with Gasteiger partial charge in [0, 0.05) is 12.2 Å². The van der Waals surface area contributed by atoms with Gasteiger partial charge in [-0.05, 0) is 33.6 Å². The predicted octanol–water partition coefficient (Wildman–Crippen LogP) is 4.94. The molecular weight excluding hydrogens is 289 g/mol. The zero-order chi connectivity index (χ0) is 16.5. The summed E-state index contributed by atoms with van der Waals surface area (Å²) in [4.78, 5) is 4.60. The molecule has 0 aliphatic heterocycles. The minimum absolute atomic E-state index is 0.0643. The van der Waals surface area contributed by atoms with Crippen molar-refractivity contribution in [1.82, 2.24) is 5.32 Å². The minimum atomic E-state index is -1.38. The Morgan fingerprint density at radius 2 is 1.76 bits per heavy atom. The molecule has 5 nitrogen and oxygen atoms in total. The number of nitrogens with one attached hydrogen (secondary N) is 1. The van der Waals surface area contributed by atoms with E-state index in [1.54, 1.807) is 0 Å². The van der Waals surface area contributed by atoms with Gasteiger partial charge in [0.2, 0.25) is 0 Å². The summed E-state index contributed by atoms with van der Waals surface area (Å²) >= 11 is 0. The average molecular weight is 323 g/mol. The van der Waals surface area contributed by atoms with Crippen LogP contribution in [0.1, 0.15) is 60.3 Å². The first kappa shape index (κ1) is 23.1. The van der Waals surface area contributed by atoms with Gasteiger partial charge in [-0.3, -0.25) is 0 Å². The summed E-state index contributed by atoms with van der Waals surface area (Å²) in [5.41, 5.74) is 1.02. The first-order valence-corrected chi connectivity index (χ1v) is 8.85. The molecule has 0 heterocycles. The lowest BCUT2D eigenvalue weighted by Gasteiger charge is -2.16. The predicted molar refractivity (Wildman–Crippen MR) is 89.8 cm³/mol. The molecule has 0 aromatic carbocycles. The molecule has 0 aliphatic carbocycles. The Morgan fingerprint density at radius 3 is 2.29 bits per heavy atom. The van der Waals surface area contributed by atoms with Gasteiger partial charge in [0.15, 0.2) is 0 Å². The lowest BCUT2D eigenvalue weighted by molar-refractivity contribution is -0.192. The van der Waals surface area contributed by atoms with Crippen LogP contribution in [-0.4, -0.2) is 26.4 Å². The third kappa shape index (κ3) is 19.8. The van der Waals surface area contributed by atoms with Gasteiger partial charge < -0.3 is 14.4 Å². The van der Waals surface area contributed by atoms with Crippen molar-refractivity contribution in [3.63, 3.8) is 0 Å². The Bertz CT molecular complexity index is 228. The first-order chi connectivity index (χ1) is 10.1. The second-order valence-electron chi connectivity index (χ2n) is 4.57. The van der Waals surface area contributed by atoms with Crippen LogP contribution in [0, 0.1) is 0 Å². The van der Waals surface area contributed by atoms with Crippen LogP contribution < -0.4 is 5.32 Å². The second kappa shape index (κ2) is 17.9. The average Bonchev–Trinajstić information content (AvgIpc) is 2.43. The Morgan fingerprint density at radius 1 is 1.14 bits per heavy atom. The van der Waals surface area contributed by atoms with Crippen LogP contribution >= 0.6 is 8.60 Å². The SMILES string of the molecule is C=C(C)NCCCCCCOP(OOC)OC(C)C.CC. The van der Waals surface area contributed by atoms with Crippen LogP contribution in [0.25, 0.3) is 0 Å². The second-order valence-corrected chi connectivity index (χ2v) is 5.64. The van der Waals surface area contributed by atoms with Gasteiger partial charge in [0.1, 0.15) is 0 Å². The summed E-state index contributed by atoms with van der Waals surface area (Å²) in [6.45, 7) is 15.3. The quantitative estimate of drug-likeness (QED) is 0.225. The van der Waals surface area contributed by atoms with Gasteiger partial charge >= 0.3 is 8.60 Å². The Kier molecular flexibility index (Phi) is 19.6. The molecule has 0 saturated heterocycles. The van der Waals surface area contributed by atoms with E-state index < -0.39 is 8.60 Å². The van der Waals surface area contributed by atoms with E-state index in [0.29, 0.717) is 6.61 Å². The van der Waals surface area contributed by atoms with E-state index in [0.717, 1.165) is 31.5 Å². The van der Waals surface area contributed by atoms with Crippen LogP contribution in [0.3, 0.4) is 0 Å². The monoisotopic (exact) mass is 323 g/mol. The Labute approximate surface area is 132 Å². The van der Waals surface area contributed by atoms with Crippen LogP contribution in [-0.2, 0) is 18.6 Å². The van der Waals surface area contributed by atoms with Crippen molar-refractivity contribution in [2.24, 2.45) is 0 Å². The summed E-state index contributed by atoms with van der Waals surface area (Å²) in [7, 11) is 0.0727. The maximum Gasteiger partial charge on any atom is 0.363 e. The number of unbranched alkanes of at least 4 members (excludes halogenated alkanes) is 3. The molecule has 0 aromatic heterocycles. The number of rotatable bonds is 13. The van der Waals surface area contributed by atoms with E-state index in [9.17, 15) is 0 Å². The highest BCUT2D eigenvalue weighted by Crippen LogP contribution is 2.41.